The van der Waals surface area contributed by atoms with E-state index in [4.69, 9.17) is 11.6 Å². The third-order valence-corrected chi connectivity index (χ3v) is 3.40. The van der Waals surface area contributed by atoms with Gasteiger partial charge < -0.3 is 0 Å². The first-order valence-corrected chi connectivity index (χ1v) is 5.79. The molecule has 0 radical (unpaired) electrons. The number of benzene rings is 1. The minimum Gasteiger partial charge on any atom is -0.254 e. The van der Waals surface area contributed by atoms with Gasteiger partial charge in [0.1, 0.15) is 6.33 Å². The van der Waals surface area contributed by atoms with E-state index in [2.05, 4.69) is 22.1 Å². The van der Waals surface area contributed by atoms with Crippen LogP contribution in [0.15, 0.2) is 35.7 Å². The van der Waals surface area contributed by atoms with Crippen LogP contribution in [0.5, 0.6) is 0 Å². The van der Waals surface area contributed by atoms with Crippen molar-refractivity contribution in [1.82, 2.24) is 15.2 Å². The molecule has 0 fully saturated rings. The maximum absolute atomic E-state index is 6.10. The molecule has 0 saturated carbocycles. The Morgan fingerprint density at radius 2 is 2.20 bits per heavy atom. The Labute approximate surface area is 97.3 Å². The Morgan fingerprint density at radius 1 is 1.40 bits per heavy atom. The molecule has 0 spiro atoms. The predicted molar refractivity (Wildman–Crippen MR) is 62.1 cm³/mol. The average molecular weight is 240 g/mol. The summed E-state index contributed by atoms with van der Waals surface area (Å²) < 4.78 is 0. The Kier molecular flexibility index (Phi) is 3.28. The van der Waals surface area contributed by atoms with E-state index in [1.165, 1.54) is 6.33 Å². The lowest BCUT2D eigenvalue weighted by atomic mass is 10.2. The van der Waals surface area contributed by atoms with E-state index >= 15 is 0 Å². The third-order valence-electron chi connectivity index (χ3n) is 2.02. The Bertz CT molecular complexity index is 430. The standard InChI is InChI=1S/C10H10ClN3S/c1-7(15-10-12-6-13-14-10)8-4-2-3-5-9(8)11/h2-7H,1H3,(H,12,13,14)/t7-/m0/s1. The van der Waals surface area contributed by atoms with Gasteiger partial charge in [-0.15, -0.1) is 0 Å². The van der Waals surface area contributed by atoms with E-state index in [1.54, 1.807) is 11.8 Å². The summed E-state index contributed by atoms with van der Waals surface area (Å²) in [7, 11) is 0. The van der Waals surface area contributed by atoms with Crippen LogP contribution in [0, 0.1) is 0 Å². The molecule has 78 valence electrons. The van der Waals surface area contributed by atoms with Crippen molar-refractivity contribution in [3.05, 3.63) is 41.2 Å². The summed E-state index contributed by atoms with van der Waals surface area (Å²) in [5.41, 5.74) is 1.11. The molecule has 1 N–H and O–H groups in total. The second kappa shape index (κ2) is 4.68. The first-order chi connectivity index (χ1) is 7.27. The summed E-state index contributed by atoms with van der Waals surface area (Å²) >= 11 is 7.70. The van der Waals surface area contributed by atoms with E-state index in [0.29, 0.717) is 0 Å². The number of hydrogen-bond donors (Lipinski definition) is 1. The molecule has 5 heteroatoms. The summed E-state index contributed by atoms with van der Waals surface area (Å²) in [5.74, 6) is 0. The Balaban J connectivity index is 2.15. The zero-order valence-electron chi connectivity index (χ0n) is 8.14. The van der Waals surface area contributed by atoms with Crippen LogP contribution in [0.3, 0.4) is 0 Å². The van der Waals surface area contributed by atoms with Crippen LogP contribution in [0.25, 0.3) is 0 Å². The number of aromatic amines is 1. The summed E-state index contributed by atoms with van der Waals surface area (Å²) in [4.78, 5) is 4.06. The van der Waals surface area contributed by atoms with Gasteiger partial charge >= 0.3 is 0 Å². The number of nitrogens with zero attached hydrogens (tertiary/aromatic N) is 2. The van der Waals surface area contributed by atoms with Gasteiger partial charge in [-0.05, 0) is 18.6 Å². The third kappa shape index (κ3) is 2.52. The molecular formula is C10H10ClN3S. The van der Waals surface area contributed by atoms with Crippen molar-refractivity contribution < 1.29 is 0 Å². The Morgan fingerprint density at radius 3 is 2.87 bits per heavy atom. The Hall–Kier alpha value is -1.00. The molecule has 3 nitrogen and oxygen atoms in total. The quantitative estimate of drug-likeness (QED) is 0.836. The number of halogens is 1. The first kappa shape index (κ1) is 10.5. The fraction of sp³-hybridized carbons (Fsp3) is 0.200. The van der Waals surface area contributed by atoms with Crippen molar-refractivity contribution in [3.63, 3.8) is 0 Å². The molecule has 0 aliphatic rings. The zero-order valence-corrected chi connectivity index (χ0v) is 9.72. The lowest BCUT2D eigenvalue weighted by Gasteiger charge is -2.10. The highest BCUT2D eigenvalue weighted by atomic mass is 35.5. The van der Waals surface area contributed by atoms with Gasteiger partial charge in [0.25, 0.3) is 0 Å². The lowest BCUT2D eigenvalue weighted by Crippen LogP contribution is -1.90. The average Bonchev–Trinajstić information content (AvgIpc) is 2.71. The van der Waals surface area contributed by atoms with Crippen LogP contribution >= 0.6 is 23.4 Å². The van der Waals surface area contributed by atoms with Crippen molar-refractivity contribution in [1.29, 1.82) is 0 Å². The topological polar surface area (TPSA) is 41.6 Å². The van der Waals surface area contributed by atoms with Gasteiger partial charge in [0.15, 0.2) is 5.16 Å². The van der Waals surface area contributed by atoms with Crippen LogP contribution in [-0.4, -0.2) is 15.2 Å². The van der Waals surface area contributed by atoms with Crippen LogP contribution in [0.2, 0.25) is 5.02 Å². The van der Waals surface area contributed by atoms with E-state index in [9.17, 15) is 0 Å². The van der Waals surface area contributed by atoms with Crippen molar-refractivity contribution in [2.45, 2.75) is 17.3 Å². The molecule has 15 heavy (non-hydrogen) atoms. The molecule has 0 bridgehead atoms. The number of hydrogen-bond acceptors (Lipinski definition) is 3. The molecule has 1 aromatic heterocycles. The molecule has 1 heterocycles. The number of nitrogens with one attached hydrogen (secondary N) is 1. The normalized spacial score (nSPS) is 12.7. The van der Waals surface area contributed by atoms with Gasteiger partial charge in [-0.1, -0.05) is 41.6 Å². The summed E-state index contributed by atoms with van der Waals surface area (Å²) in [6.45, 7) is 2.09. The predicted octanol–water partition coefficient (Wildman–Crippen LogP) is 3.31. The molecule has 0 unspecified atom stereocenters. The monoisotopic (exact) mass is 239 g/mol. The molecule has 0 aliphatic carbocycles. The minimum atomic E-state index is 0.256. The number of aromatic nitrogens is 3. The molecule has 0 saturated heterocycles. The lowest BCUT2D eigenvalue weighted by molar-refractivity contribution is 0.960. The fourth-order valence-corrected chi connectivity index (χ4v) is 2.53. The van der Waals surface area contributed by atoms with E-state index in [0.717, 1.165) is 15.7 Å². The fourth-order valence-electron chi connectivity index (χ4n) is 1.29. The van der Waals surface area contributed by atoms with Crippen molar-refractivity contribution in [2.75, 3.05) is 0 Å². The van der Waals surface area contributed by atoms with Gasteiger partial charge in [0.05, 0.1) is 0 Å². The highest BCUT2D eigenvalue weighted by molar-refractivity contribution is 7.99. The van der Waals surface area contributed by atoms with Crippen LogP contribution in [0.1, 0.15) is 17.7 Å². The second-order valence-corrected chi connectivity index (χ2v) is 4.81. The summed E-state index contributed by atoms with van der Waals surface area (Å²) in [5, 5.41) is 8.47. The van der Waals surface area contributed by atoms with Gasteiger partial charge in [-0.2, -0.15) is 5.10 Å². The van der Waals surface area contributed by atoms with Crippen molar-refractivity contribution in [2.24, 2.45) is 0 Å². The van der Waals surface area contributed by atoms with Crippen LogP contribution in [-0.2, 0) is 0 Å². The molecule has 0 amide bonds. The van der Waals surface area contributed by atoms with E-state index in [1.807, 2.05) is 24.3 Å². The highest BCUT2D eigenvalue weighted by Crippen LogP contribution is 2.35. The molecule has 0 aliphatic heterocycles. The molecule has 1 aromatic carbocycles. The number of thioether (sulfide) groups is 1. The maximum atomic E-state index is 6.10. The zero-order chi connectivity index (χ0) is 10.7. The van der Waals surface area contributed by atoms with Crippen LogP contribution < -0.4 is 0 Å². The largest absolute Gasteiger partial charge is 0.254 e. The number of rotatable bonds is 3. The second-order valence-electron chi connectivity index (χ2n) is 3.07. The van der Waals surface area contributed by atoms with Crippen molar-refractivity contribution in [3.8, 4) is 0 Å². The maximum Gasteiger partial charge on any atom is 0.183 e. The first-order valence-electron chi connectivity index (χ1n) is 4.54. The molecule has 1 atom stereocenters. The van der Waals surface area contributed by atoms with E-state index < -0.39 is 0 Å². The highest BCUT2D eigenvalue weighted by Gasteiger charge is 2.11. The van der Waals surface area contributed by atoms with Crippen molar-refractivity contribution >= 4 is 23.4 Å². The van der Waals surface area contributed by atoms with Gasteiger partial charge in [-0.3, -0.25) is 5.10 Å². The molecule has 2 aromatic rings. The van der Waals surface area contributed by atoms with Gasteiger partial charge in [-0.25, -0.2) is 4.98 Å². The smallest absolute Gasteiger partial charge is 0.183 e. The SMILES string of the molecule is C[C@H](Sc1ncn[nH]1)c1ccccc1Cl. The minimum absolute atomic E-state index is 0.256. The molecular weight excluding hydrogens is 230 g/mol. The van der Waals surface area contributed by atoms with E-state index in [-0.39, 0.29) is 5.25 Å². The summed E-state index contributed by atoms with van der Waals surface area (Å²) in [6.07, 6.45) is 1.50. The van der Waals surface area contributed by atoms with Crippen LogP contribution in [0.4, 0.5) is 0 Å². The van der Waals surface area contributed by atoms with Gasteiger partial charge in [0.2, 0.25) is 0 Å². The molecule has 2 rings (SSSR count). The van der Waals surface area contributed by atoms with Gasteiger partial charge in [0, 0.05) is 10.3 Å². The summed E-state index contributed by atoms with van der Waals surface area (Å²) in [6, 6.07) is 7.83. The number of H-pyrrole nitrogens is 1.